The van der Waals surface area contributed by atoms with Crippen molar-refractivity contribution in [3.8, 4) is 0 Å². The zero-order valence-electron chi connectivity index (χ0n) is 11.3. The maximum atomic E-state index is 6.19. The van der Waals surface area contributed by atoms with Gasteiger partial charge in [0.2, 0.25) is 0 Å². The zero-order chi connectivity index (χ0) is 14.5. The normalized spacial score (nSPS) is 12.6. The molecule has 0 bridgehead atoms. The molecule has 6 heteroatoms. The molecule has 0 aliphatic heterocycles. The first-order valence-electron chi connectivity index (χ1n) is 6.47. The number of aryl methyl sites for hydroxylation is 2. The lowest BCUT2D eigenvalue weighted by Gasteiger charge is -2.17. The lowest BCUT2D eigenvalue weighted by molar-refractivity contribution is 0.483. The first-order chi connectivity index (χ1) is 9.61. The number of nitrogens with two attached hydrogens (primary N) is 1. The molecule has 2 rings (SSSR count). The van der Waals surface area contributed by atoms with Gasteiger partial charge in [-0.05, 0) is 30.5 Å². The van der Waals surface area contributed by atoms with Gasteiger partial charge in [-0.1, -0.05) is 29.3 Å². The topological polar surface area (TPSA) is 55.9 Å². The molecular weight excluding hydrogens is 295 g/mol. The number of aromatic nitrogens is 2. The molecule has 0 spiro atoms. The van der Waals surface area contributed by atoms with Crippen molar-refractivity contribution in [1.82, 2.24) is 15.0 Å². The van der Waals surface area contributed by atoms with E-state index in [-0.39, 0.29) is 6.04 Å². The highest BCUT2D eigenvalue weighted by Gasteiger charge is 2.14. The number of rotatable bonds is 6. The van der Waals surface area contributed by atoms with Crippen LogP contribution in [0.1, 0.15) is 17.8 Å². The highest BCUT2D eigenvalue weighted by Crippen LogP contribution is 2.26. The standard InChI is InChI=1S/C14H18Cl2N4/c1-20-8-7-18-14(20)6-5-10(19-17)9-11-12(15)3-2-4-13(11)16/h2-4,7-8,10,19H,5-6,9,17H2,1H3. The quantitative estimate of drug-likeness (QED) is 0.637. The Labute approximate surface area is 128 Å². The summed E-state index contributed by atoms with van der Waals surface area (Å²) in [7, 11) is 1.98. The minimum absolute atomic E-state index is 0.101. The van der Waals surface area contributed by atoms with Crippen LogP contribution in [0.25, 0.3) is 0 Å². The molecule has 1 atom stereocenters. The largest absolute Gasteiger partial charge is 0.338 e. The molecule has 0 fully saturated rings. The number of hydrazine groups is 1. The van der Waals surface area contributed by atoms with E-state index in [4.69, 9.17) is 29.0 Å². The predicted molar refractivity (Wildman–Crippen MR) is 82.8 cm³/mol. The summed E-state index contributed by atoms with van der Waals surface area (Å²) in [6.07, 6.45) is 6.14. The Bertz CT molecular complexity index is 548. The van der Waals surface area contributed by atoms with Crippen molar-refractivity contribution in [2.24, 2.45) is 12.9 Å². The number of halogens is 2. The first kappa shape index (κ1) is 15.3. The van der Waals surface area contributed by atoms with E-state index >= 15 is 0 Å². The summed E-state index contributed by atoms with van der Waals surface area (Å²) in [5.74, 6) is 6.67. The summed E-state index contributed by atoms with van der Waals surface area (Å²) in [6.45, 7) is 0. The molecule has 2 aromatic rings. The van der Waals surface area contributed by atoms with Gasteiger partial charge in [-0.15, -0.1) is 0 Å². The summed E-state index contributed by atoms with van der Waals surface area (Å²) >= 11 is 12.4. The lowest BCUT2D eigenvalue weighted by atomic mass is 10.0. The Kier molecular flexibility index (Phi) is 5.43. The van der Waals surface area contributed by atoms with E-state index in [2.05, 4.69) is 10.4 Å². The molecule has 4 nitrogen and oxygen atoms in total. The highest BCUT2D eigenvalue weighted by atomic mass is 35.5. The maximum absolute atomic E-state index is 6.19. The van der Waals surface area contributed by atoms with E-state index in [9.17, 15) is 0 Å². The van der Waals surface area contributed by atoms with Crippen molar-refractivity contribution >= 4 is 23.2 Å². The number of nitrogens with one attached hydrogen (secondary N) is 1. The monoisotopic (exact) mass is 312 g/mol. The average Bonchev–Trinajstić information content (AvgIpc) is 2.83. The third-order valence-corrected chi connectivity index (χ3v) is 4.09. The summed E-state index contributed by atoms with van der Waals surface area (Å²) in [6, 6.07) is 5.63. The van der Waals surface area contributed by atoms with E-state index < -0.39 is 0 Å². The smallest absolute Gasteiger partial charge is 0.108 e. The molecule has 1 heterocycles. The van der Waals surface area contributed by atoms with Crippen molar-refractivity contribution in [2.45, 2.75) is 25.3 Å². The predicted octanol–water partition coefficient (Wildman–Crippen LogP) is 2.73. The summed E-state index contributed by atoms with van der Waals surface area (Å²) in [4.78, 5) is 4.31. The summed E-state index contributed by atoms with van der Waals surface area (Å²) in [5.41, 5.74) is 3.76. The molecule has 1 unspecified atom stereocenters. The van der Waals surface area contributed by atoms with Crippen LogP contribution in [-0.2, 0) is 19.9 Å². The minimum Gasteiger partial charge on any atom is -0.338 e. The highest BCUT2D eigenvalue weighted by molar-refractivity contribution is 6.35. The van der Waals surface area contributed by atoms with Gasteiger partial charge in [-0.3, -0.25) is 11.3 Å². The molecular formula is C14H18Cl2N4. The van der Waals surface area contributed by atoms with Gasteiger partial charge in [0, 0.05) is 41.9 Å². The maximum Gasteiger partial charge on any atom is 0.108 e. The molecule has 0 saturated heterocycles. The Morgan fingerprint density at radius 2 is 2.05 bits per heavy atom. The van der Waals surface area contributed by atoms with Crippen LogP contribution in [0.3, 0.4) is 0 Å². The first-order valence-corrected chi connectivity index (χ1v) is 7.22. The van der Waals surface area contributed by atoms with Gasteiger partial charge in [-0.25, -0.2) is 4.98 Å². The van der Waals surface area contributed by atoms with E-state index in [1.165, 1.54) is 0 Å². The van der Waals surface area contributed by atoms with Crippen molar-refractivity contribution in [2.75, 3.05) is 0 Å². The Morgan fingerprint density at radius 1 is 1.35 bits per heavy atom. The van der Waals surface area contributed by atoms with Gasteiger partial charge >= 0.3 is 0 Å². The third-order valence-electron chi connectivity index (χ3n) is 3.39. The van der Waals surface area contributed by atoms with Crippen LogP contribution in [0.15, 0.2) is 30.6 Å². The number of imidazole rings is 1. The Morgan fingerprint density at radius 3 is 2.60 bits per heavy atom. The number of hydrogen-bond acceptors (Lipinski definition) is 3. The molecule has 0 radical (unpaired) electrons. The molecule has 3 N–H and O–H groups in total. The van der Waals surface area contributed by atoms with Crippen LogP contribution in [0.2, 0.25) is 10.0 Å². The molecule has 0 aliphatic rings. The van der Waals surface area contributed by atoms with Crippen LogP contribution in [0.5, 0.6) is 0 Å². The summed E-state index contributed by atoms with van der Waals surface area (Å²) in [5, 5.41) is 1.35. The van der Waals surface area contributed by atoms with Gasteiger partial charge < -0.3 is 4.57 Å². The number of hydrogen-bond donors (Lipinski definition) is 2. The van der Waals surface area contributed by atoms with Crippen LogP contribution in [-0.4, -0.2) is 15.6 Å². The molecule has 0 aliphatic carbocycles. The van der Waals surface area contributed by atoms with Crippen molar-refractivity contribution in [1.29, 1.82) is 0 Å². The van der Waals surface area contributed by atoms with Crippen LogP contribution >= 0.6 is 23.2 Å². The molecule has 20 heavy (non-hydrogen) atoms. The molecule has 108 valence electrons. The van der Waals surface area contributed by atoms with Gasteiger partial charge in [0.25, 0.3) is 0 Å². The van der Waals surface area contributed by atoms with Crippen LogP contribution in [0, 0.1) is 0 Å². The minimum atomic E-state index is 0.101. The molecule has 1 aromatic carbocycles. The third kappa shape index (κ3) is 3.73. The fourth-order valence-corrected chi connectivity index (χ4v) is 2.71. The summed E-state index contributed by atoms with van der Waals surface area (Å²) < 4.78 is 2.01. The van der Waals surface area contributed by atoms with E-state index in [1.54, 1.807) is 6.20 Å². The van der Waals surface area contributed by atoms with E-state index in [1.807, 2.05) is 36.0 Å². The SMILES string of the molecule is Cn1ccnc1CCC(Cc1c(Cl)cccc1Cl)NN. The second-order valence-corrected chi connectivity index (χ2v) is 5.58. The van der Waals surface area contributed by atoms with Crippen molar-refractivity contribution in [3.05, 3.63) is 52.0 Å². The second-order valence-electron chi connectivity index (χ2n) is 4.76. The van der Waals surface area contributed by atoms with E-state index in [0.29, 0.717) is 16.5 Å². The van der Waals surface area contributed by atoms with Gasteiger partial charge in [0.1, 0.15) is 5.82 Å². The van der Waals surface area contributed by atoms with Gasteiger partial charge in [0.05, 0.1) is 0 Å². The second kappa shape index (κ2) is 7.09. The Hall–Kier alpha value is -1.07. The lowest BCUT2D eigenvalue weighted by Crippen LogP contribution is -2.37. The van der Waals surface area contributed by atoms with Crippen molar-refractivity contribution < 1.29 is 0 Å². The molecule has 0 saturated carbocycles. The number of nitrogens with zero attached hydrogens (tertiary/aromatic N) is 2. The fourth-order valence-electron chi connectivity index (χ4n) is 2.16. The van der Waals surface area contributed by atoms with Crippen molar-refractivity contribution in [3.63, 3.8) is 0 Å². The van der Waals surface area contributed by atoms with Crippen LogP contribution < -0.4 is 11.3 Å². The van der Waals surface area contributed by atoms with Crippen LogP contribution in [0.4, 0.5) is 0 Å². The Balaban J connectivity index is 2.01. The number of benzene rings is 1. The molecule has 0 amide bonds. The zero-order valence-corrected chi connectivity index (χ0v) is 12.8. The average molecular weight is 313 g/mol. The van der Waals surface area contributed by atoms with Gasteiger partial charge in [0.15, 0.2) is 0 Å². The van der Waals surface area contributed by atoms with E-state index in [0.717, 1.165) is 24.2 Å². The molecule has 1 aromatic heterocycles. The van der Waals surface area contributed by atoms with Gasteiger partial charge in [-0.2, -0.15) is 0 Å². The fraction of sp³-hybridized carbons (Fsp3) is 0.357.